The van der Waals surface area contributed by atoms with Gasteiger partial charge in [-0.1, -0.05) is 18.2 Å². The fourth-order valence-electron chi connectivity index (χ4n) is 1.59. The molecule has 0 heterocycles. The molecule has 0 aliphatic rings. The molecule has 0 saturated heterocycles. The van der Waals surface area contributed by atoms with E-state index in [4.69, 9.17) is 9.84 Å². The number of hydrogen-bond donors (Lipinski definition) is 2. The highest BCUT2D eigenvalue weighted by Crippen LogP contribution is 2.25. The summed E-state index contributed by atoms with van der Waals surface area (Å²) in [6.07, 6.45) is 0. The van der Waals surface area contributed by atoms with Crippen molar-refractivity contribution in [3.63, 3.8) is 0 Å². The highest BCUT2D eigenvalue weighted by Gasteiger charge is 2.28. The van der Waals surface area contributed by atoms with Crippen molar-refractivity contribution in [3.05, 3.63) is 29.8 Å². The lowest BCUT2D eigenvalue weighted by Crippen LogP contribution is -2.37. The molecule has 0 radical (unpaired) electrons. The van der Waals surface area contributed by atoms with Crippen LogP contribution in [0.25, 0.3) is 0 Å². The van der Waals surface area contributed by atoms with Gasteiger partial charge < -0.3 is 15.2 Å². The van der Waals surface area contributed by atoms with Crippen LogP contribution in [0.15, 0.2) is 24.3 Å². The van der Waals surface area contributed by atoms with Gasteiger partial charge in [-0.05, 0) is 19.9 Å². The molecule has 0 aromatic heterocycles. The second-order valence-corrected chi connectivity index (χ2v) is 4.09. The molecule has 0 saturated carbocycles. The summed E-state index contributed by atoms with van der Waals surface area (Å²) >= 11 is 0. The van der Waals surface area contributed by atoms with E-state index in [-0.39, 0.29) is 6.04 Å². The fraction of sp³-hybridized carbons (Fsp3) is 0.538. The topological polar surface area (TPSA) is 41.5 Å². The van der Waals surface area contributed by atoms with E-state index in [2.05, 4.69) is 5.32 Å². The Hall–Kier alpha value is -1.20. The van der Waals surface area contributed by atoms with Crippen LogP contribution in [0.2, 0.25) is 0 Å². The van der Waals surface area contributed by atoms with E-state index in [0.29, 0.717) is 12.4 Å². The molecule has 0 spiro atoms. The summed E-state index contributed by atoms with van der Waals surface area (Å²) in [7, 11) is 0. The molecule has 5 heteroatoms. The average molecular weight is 259 g/mol. The third-order valence-corrected chi connectivity index (χ3v) is 2.58. The molecule has 0 bridgehead atoms. The molecule has 3 nitrogen and oxygen atoms in total. The fourth-order valence-corrected chi connectivity index (χ4v) is 1.59. The highest BCUT2D eigenvalue weighted by atomic mass is 19.3. The molecule has 102 valence electrons. The van der Waals surface area contributed by atoms with E-state index in [1.165, 1.54) is 0 Å². The lowest BCUT2D eigenvalue weighted by molar-refractivity contribution is -0.0491. The SMILES string of the molecule is CCOc1ccccc1C(C)NCC(F)(F)CO. The predicted molar refractivity (Wildman–Crippen MR) is 66.1 cm³/mol. The van der Waals surface area contributed by atoms with Crippen LogP contribution >= 0.6 is 0 Å². The largest absolute Gasteiger partial charge is 0.494 e. The summed E-state index contributed by atoms with van der Waals surface area (Å²) in [5.74, 6) is -2.42. The van der Waals surface area contributed by atoms with Crippen molar-refractivity contribution < 1.29 is 18.6 Å². The first-order valence-electron chi connectivity index (χ1n) is 5.94. The molecule has 18 heavy (non-hydrogen) atoms. The Bertz CT molecular complexity index is 372. The van der Waals surface area contributed by atoms with Gasteiger partial charge in [0.05, 0.1) is 13.2 Å². The van der Waals surface area contributed by atoms with Gasteiger partial charge in [-0.25, -0.2) is 8.78 Å². The van der Waals surface area contributed by atoms with Crippen molar-refractivity contribution in [3.8, 4) is 5.75 Å². The minimum atomic E-state index is -3.10. The predicted octanol–water partition coefficient (Wildman–Crippen LogP) is 2.36. The number of aliphatic hydroxyl groups is 1. The highest BCUT2D eigenvalue weighted by molar-refractivity contribution is 5.35. The summed E-state index contributed by atoms with van der Waals surface area (Å²) in [6.45, 7) is 2.46. The second kappa shape index (κ2) is 6.66. The maximum Gasteiger partial charge on any atom is 0.282 e. The van der Waals surface area contributed by atoms with Gasteiger partial charge in [-0.15, -0.1) is 0 Å². The van der Waals surface area contributed by atoms with E-state index >= 15 is 0 Å². The van der Waals surface area contributed by atoms with Crippen LogP contribution in [0.4, 0.5) is 8.78 Å². The van der Waals surface area contributed by atoms with Crippen LogP contribution in [0.5, 0.6) is 5.75 Å². The lowest BCUT2D eigenvalue weighted by Gasteiger charge is -2.21. The van der Waals surface area contributed by atoms with Crippen LogP contribution in [-0.4, -0.2) is 30.8 Å². The number of alkyl halides is 2. The summed E-state index contributed by atoms with van der Waals surface area (Å²) in [5, 5.41) is 11.2. The van der Waals surface area contributed by atoms with Crippen molar-refractivity contribution in [2.45, 2.75) is 25.8 Å². The van der Waals surface area contributed by atoms with E-state index in [1.54, 1.807) is 13.0 Å². The Morgan fingerprint density at radius 1 is 1.39 bits per heavy atom. The summed E-state index contributed by atoms with van der Waals surface area (Å²) in [4.78, 5) is 0. The van der Waals surface area contributed by atoms with Crippen molar-refractivity contribution in [2.75, 3.05) is 19.8 Å². The van der Waals surface area contributed by atoms with Crippen LogP contribution in [0.1, 0.15) is 25.5 Å². The smallest absolute Gasteiger partial charge is 0.282 e. The number of nitrogens with one attached hydrogen (secondary N) is 1. The lowest BCUT2D eigenvalue weighted by atomic mass is 10.1. The molecule has 1 rings (SSSR count). The molecule has 0 aliphatic carbocycles. The maximum atomic E-state index is 12.9. The second-order valence-electron chi connectivity index (χ2n) is 4.09. The Morgan fingerprint density at radius 3 is 2.67 bits per heavy atom. The summed E-state index contributed by atoms with van der Waals surface area (Å²) in [6, 6.07) is 7.04. The van der Waals surface area contributed by atoms with Gasteiger partial charge in [0.15, 0.2) is 0 Å². The Kier molecular flexibility index (Phi) is 5.50. The van der Waals surface area contributed by atoms with Crippen LogP contribution in [0, 0.1) is 0 Å². The average Bonchev–Trinajstić information content (AvgIpc) is 2.37. The zero-order valence-corrected chi connectivity index (χ0v) is 10.6. The van der Waals surface area contributed by atoms with Gasteiger partial charge in [-0.3, -0.25) is 0 Å². The molecule has 2 N–H and O–H groups in total. The summed E-state index contributed by atoms with van der Waals surface area (Å²) in [5.41, 5.74) is 0.827. The molecular formula is C13H19F2NO2. The normalized spacial score (nSPS) is 13.4. The molecular weight excluding hydrogens is 240 g/mol. The molecule has 1 unspecified atom stereocenters. The minimum absolute atomic E-state index is 0.273. The molecule has 0 fully saturated rings. The van der Waals surface area contributed by atoms with Gasteiger partial charge in [0.1, 0.15) is 12.4 Å². The maximum absolute atomic E-state index is 12.9. The van der Waals surface area contributed by atoms with Crippen molar-refractivity contribution >= 4 is 0 Å². The number of rotatable bonds is 7. The number of hydrogen-bond acceptors (Lipinski definition) is 3. The van der Waals surface area contributed by atoms with Crippen molar-refractivity contribution in [2.24, 2.45) is 0 Å². The van der Waals surface area contributed by atoms with Crippen LogP contribution in [0.3, 0.4) is 0 Å². The first kappa shape index (κ1) is 14.9. The van der Waals surface area contributed by atoms with Gasteiger partial charge in [0, 0.05) is 11.6 Å². The molecule has 0 aliphatic heterocycles. The Labute approximate surface area is 106 Å². The van der Waals surface area contributed by atoms with Gasteiger partial charge in [0.25, 0.3) is 5.92 Å². The van der Waals surface area contributed by atoms with Gasteiger partial charge in [0.2, 0.25) is 0 Å². The Balaban J connectivity index is 2.69. The number of aliphatic hydroxyl groups excluding tert-OH is 1. The first-order valence-corrected chi connectivity index (χ1v) is 5.94. The van der Waals surface area contributed by atoms with E-state index in [1.807, 2.05) is 25.1 Å². The monoisotopic (exact) mass is 259 g/mol. The van der Waals surface area contributed by atoms with E-state index < -0.39 is 19.1 Å². The van der Waals surface area contributed by atoms with E-state index in [0.717, 1.165) is 5.56 Å². The molecule has 1 atom stereocenters. The summed E-state index contributed by atoms with van der Waals surface area (Å²) < 4.78 is 31.3. The van der Waals surface area contributed by atoms with Gasteiger partial charge in [-0.2, -0.15) is 0 Å². The first-order chi connectivity index (χ1) is 8.50. The molecule has 1 aromatic carbocycles. The van der Waals surface area contributed by atoms with Crippen molar-refractivity contribution in [1.82, 2.24) is 5.32 Å². The van der Waals surface area contributed by atoms with Crippen LogP contribution in [-0.2, 0) is 0 Å². The number of benzene rings is 1. The zero-order valence-electron chi connectivity index (χ0n) is 10.6. The third-order valence-electron chi connectivity index (χ3n) is 2.58. The minimum Gasteiger partial charge on any atom is -0.494 e. The number of ether oxygens (including phenoxy) is 1. The van der Waals surface area contributed by atoms with Crippen LogP contribution < -0.4 is 10.1 Å². The molecule has 0 amide bonds. The van der Waals surface area contributed by atoms with Crippen molar-refractivity contribution in [1.29, 1.82) is 0 Å². The van der Waals surface area contributed by atoms with Gasteiger partial charge >= 0.3 is 0 Å². The van der Waals surface area contributed by atoms with E-state index in [9.17, 15) is 8.78 Å². The zero-order chi connectivity index (χ0) is 13.6. The molecule has 1 aromatic rings. The third kappa shape index (κ3) is 4.23. The quantitative estimate of drug-likeness (QED) is 0.790. The Morgan fingerprint density at radius 2 is 2.06 bits per heavy atom. The number of halogens is 2. The standard InChI is InChI=1S/C13H19F2NO2/c1-3-18-12-7-5-4-6-11(12)10(2)16-8-13(14,15)9-17/h4-7,10,16-17H,3,8-9H2,1-2H3. The number of para-hydroxylation sites is 1.